The molecule has 4 heteroatoms. The van der Waals surface area contributed by atoms with Gasteiger partial charge in [-0.3, -0.25) is 4.68 Å². The summed E-state index contributed by atoms with van der Waals surface area (Å²) in [5, 5.41) is 7.85. The maximum absolute atomic E-state index is 5.59. The number of hydrogen-bond acceptors (Lipinski definition) is 3. The lowest BCUT2D eigenvalue weighted by atomic mass is 10.2. The second-order valence-corrected chi connectivity index (χ2v) is 4.37. The van der Waals surface area contributed by atoms with Gasteiger partial charge in [0.05, 0.1) is 17.5 Å². The Balaban J connectivity index is 1.79. The van der Waals surface area contributed by atoms with E-state index in [1.54, 1.807) is 0 Å². The van der Waals surface area contributed by atoms with E-state index in [1.165, 1.54) is 18.5 Å². The molecule has 1 atom stereocenters. The first-order valence-corrected chi connectivity index (χ1v) is 6.17. The number of rotatable bonds is 5. The van der Waals surface area contributed by atoms with Gasteiger partial charge in [-0.25, -0.2) is 0 Å². The fourth-order valence-corrected chi connectivity index (χ4v) is 2.18. The van der Waals surface area contributed by atoms with E-state index < -0.39 is 0 Å². The molecule has 4 nitrogen and oxygen atoms in total. The minimum Gasteiger partial charge on any atom is -0.382 e. The summed E-state index contributed by atoms with van der Waals surface area (Å²) in [6.45, 7) is 4.05. The SMILES string of the molecule is CCc1nn(C)cc1NCCC1CCCO1. The molecule has 2 rings (SSSR count). The van der Waals surface area contributed by atoms with Gasteiger partial charge in [-0.05, 0) is 25.7 Å². The zero-order chi connectivity index (χ0) is 11.4. The molecule has 1 aromatic heterocycles. The maximum Gasteiger partial charge on any atom is 0.0853 e. The van der Waals surface area contributed by atoms with Crippen LogP contribution in [-0.2, 0) is 18.2 Å². The van der Waals surface area contributed by atoms with Crippen molar-refractivity contribution in [3.05, 3.63) is 11.9 Å². The van der Waals surface area contributed by atoms with Gasteiger partial charge in [0.1, 0.15) is 0 Å². The average molecular weight is 223 g/mol. The molecule has 1 unspecified atom stereocenters. The molecule has 1 aromatic rings. The Morgan fingerprint density at radius 2 is 2.50 bits per heavy atom. The zero-order valence-corrected chi connectivity index (χ0v) is 10.2. The molecule has 1 aliphatic heterocycles. The van der Waals surface area contributed by atoms with Crippen LogP contribution in [0.2, 0.25) is 0 Å². The highest BCUT2D eigenvalue weighted by Crippen LogP contribution is 2.17. The van der Waals surface area contributed by atoms with Gasteiger partial charge in [-0.15, -0.1) is 0 Å². The van der Waals surface area contributed by atoms with Crippen LogP contribution in [0.25, 0.3) is 0 Å². The van der Waals surface area contributed by atoms with Crippen LogP contribution in [0.5, 0.6) is 0 Å². The Morgan fingerprint density at radius 3 is 3.19 bits per heavy atom. The summed E-state index contributed by atoms with van der Waals surface area (Å²) in [7, 11) is 1.96. The lowest BCUT2D eigenvalue weighted by molar-refractivity contribution is 0.107. The van der Waals surface area contributed by atoms with E-state index in [-0.39, 0.29) is 0 Å². The molecular formula is C12H21N3O. The molecule has 2 heterocycles. The average Bonchev–Trinajstić information content (AvgIpc) is 2.88. The highest BCUT2D eigenvalue weighted by atomic mass is 16.5. The van der Waals surface area contributed by atoms with Crippen molar-refractivity contribution in [3.63, 3.8) is 0 Å². The van der Waals surface area contributed by atoms with Gasteiger partial charge in [-0.1, -0.05) is 6.92 Å². The lowest BCUT2D eigenvalue weighted by Crippen LogP contribution is -2.12. The number of aryl methyl sites for hydroxylation is 2. The Hall–Kier alpha value is -1.03. The van der Waals surface area contributed by atoms with E-state index in [0.29, 0.717) is 6.10 Å². The van der Waals surface area contributed by atoms with Crippen molar-refractivity contribution in [2.24, 2.45) is 7.05 Å². The van der Waals surface area contributed by atoms with Crippen LogP contribution in [-0.4, -0.2) is 29.0 Å². The predicted molar refractivity (Wildman–Crippen MR) is 64.7 cm³/mol. The van der Waals surface area contributed by atoms with Crippen molar-refractivity contribution < 1.29 is 4.74 Å². The summed E-state index contributed by atoms with van der Waals surface area (Å²) in [5.74, 6) is 0. The molecule has 90 valence electrons. The van der Waals surface area contributed by atoms with Crippen molar-refractivity contribution in [2.75, 3.05) is 18.5 Å². The Labute approximate surface area is 97.0 Å². The summed E-state index contributed by atoms with van der Waals surface area (Å²) >= 11 is 0. The van der Waals surface area contributed by atoms with Crippen LogP contribution < -0.4 is 5.32 Å². The fraction of sp³-hybridized carbons (Fsp3) is 0.750. The number of nitrogens with zero attached hydrogens (tertiary/aromatic N) is 2. The monoisotopic (exact) mass is 223 g/mol. The molecule has 1 saturated heterocycles. The quantitative estimate of drug-likeness (QED) is 0.829. The fourth-order valence-electron chi connectivity index (χ4n) is 2.18. The Bertz CT molecular complexity index is 329. The van der Waals surface area contributed by atoms with Crippen molar-refractivity contribution in [1.82, 2.24) is 9.78 Å². The third-order valence-electron chi connectivity index (χ3n) is 3.05. The summed E-state index contributed by atoms with van der Waals surface area (Å²) in [6.07, 6.45) is 7.03. The number of nitrogens with one attached hydrogen (secondary N) is 1. The summed E-state index contributed by atoms with van der Waals surface area (Å²) in [4.78, 5) is 0. The largest absolute Gasteiger partial charge is 0.382 e. The van der Waals surface area contributed by atoms with Gasteiger partial charge in [0.25, 0.3) is 0 Å². The van der Waals surface area contributed by atoms with E-state index in [1.807, 2.05) is 17.9 Å². The molecule has 0 amide bonds. The van der Waals surface area contributed by atoms with Crippen molar-refractivity contribution in [3.8, 4) is 0 Å². The molecule has 1 fully saturated rings. The van der Waals surface area contributed by atoms with E-state index in [2.05, 4.69) is 17.3 Å². The number of anilines is 1. The van der Waals surface area contributed by atoms with E-state index in [0.717, 1.165) is 31.7 Å². The first-order valence-electron chi connectivity index (χ1n) is 6.17. The summed E-state index contributed by atoms with van der Waals surface area (Å²) < 4.78 is 7.46. The number of ether oxygens (including phenoxy) is 1. The minimum atomic E-state index is 0.467. The van der Waals surface area contributed by atoms with Gasteiger partial charge in [0.2, 0.25) is 0 Å². The minimum absolute atomic E-state index is 0.467. The first-order chi connectivity index (χ1) is 7.79. The smallest absolute Gasteiger partial charge is 0.0853 e. The highest BCUT2D eigenvalue weighted by molar-refractivity contribution is 5.46. The van der Waals surface area contributed by atoms with Crippen molar-refractivity contribution in [1.29, 1.82) is 0 Å². The third kappa shape index (κ3) is 2.76. The standard InChI is InChI=1S/C12H21N3O/c1-3-11-12(9-15(2)14-11)13-7-6-10-5-4-8-16-10/h9-10,13H,3-8H2,1-2H3. The van der Waals surface area contributed by atoms with E-state index in [4.69, 9.17) is 4.74 Å². The molecule has 1 N–H and O–H groups in total. The van der Waals surface area contributed by atoms with Gasteiger partial charge in [0.15, 0.2) is 0 Å². The van der Waals surface area contributed by atoms with Crippen LogP contribution in [0.3, 0.4) is 0 Å². The van der Waals surface area contributed by atoms with Gasteiger partial charge in [-0.2, -0.15) is 5.10 Å². The topological polar surface area (TPSA) is 39.1 Å². The van der Waals surface area contributed by atoms with E-state index in [9.17, 15) is 0 Å². The number of aromatic nitrogens is 2. The molecule has 0 radical (unpaired) electrons. The summed E-state index contributed by atoms with van der Waals surface area (Å²) in [5.41, 5.74) is 2.32. The Morgan fingerprint density at radius 1 is 1.62 bits per heavy atom. The molecule has 16 heavy (non-hydrogen) atoms. The summed E-state index contributed by atoms with van der Waals surface area (Å²) in [6, 6.07) is 0. The van der Waals surface area contributed by atoms with Crippen LogP contribution >= 0.6 is 0 Å². The third-order valence-corrected chi connectivity index (χ3v) is 3.05. The number of hydrogen-bond donors (Lipinski definition) is 1. The van der Waals surface area contributed by atoms with Crippen molar-refractivity contribution in [2.45, 2.75) is 38.7 Å². The maximum atomic E-state index is 5.59. The molecule has 1 aliphatic rings. The Kier molecular flexibility index (Phi) is 3.83. The molecule has 0 aromatic carbocycles. The second kappa shape index (κ2) is 5.34. The molecule has 0 spiro atoms. The molecular weight excluding hydrogens is 202 g/mol. The lowest BCUT2D eigenvalue weighted by Gasteiger charge is -2.10. The van der Waals surface area contributed by atoms with Crippen LogP contribution in [0.1, 0.15) is 31.9 Å². The van der Waals surface area contributed by atoms with Crippen molar-refractivity contribution >= 4 is 5.69 Å². The van der Waals surface area contributed by atoms with Crippen LogP contribution in [0.15, 0.2) is 6.20 Å². The first kappa shape index (κ1) is 11.5. The van der Waals surface area contributed by atoms with Crippen LogP contribution in [0, 0.1) is 0 Å². The molecule has 0 aliphatic carbocycles. The predicted octanol–water partition coefficient (Wildman–Crippen LogP) is 1.96. The normalized spacial score (nSPS) is 20.2. The van der Waals surface area contributed by atoms with Gasteiger partial charge < -0.3 is 10.1 Å². The zero-order valence-electron chi connectivity index (χ0n) is 10.2. The van der Waals surface area contributed by atoms with Gasteiger partial charge in [0, 0.05) is 26.4 Å². The molecule has 0 saturated carbocycles. The molecule has 0 bridgehead atoms. The second-order valence-electron chi connectivity index (χ2n) is 4.37. The van der Waals surface area contributed by atoms with Crippen LogP contribution in [0.4, 0.5) is 5.69 Å². The highest BCUT2D eigenvalue weighted by Gasteiger charge is 2.15. The van der Waals surface area contributed by atoms with Gasteiger partial charge >= 0.3 is 0 Å². The van der Waals surface area contributed by atoms with E-state index >= 15 is 0 Å².